The van der Waals surface area contributed by atoms with Gasteiger partial charge in [0.15, 0.2) is 0 Å². The van der Waals surface area contributed by atoms with E-state index in [2.05, 4.69) is 0 Å². The number of rotatable bonds is 1. The van der Waals surface area contributed by atoms with Crippen molar-refractivity contribution in [2.45, 2.75) is 17.7 Å². The van der Waals surface area contributed by atoms with E-state index in [0.717, 1.165) is 40.3 Å². The summed E-state index contributed by atoms with van der Waals surface area (Å²) in [4.78, 5) is 28.1. The summed E-state index contributed by atoms with van der Waals surface area (Å²) in [6, 6.07) is 18.4. The zero-order valence-corrected chi connectivity index (χ0v) is 16.5. The Kier molecular flexibility index (Phi) is 3.65. The highest BCUT2D eigenvalue weighted by molar-refractivity contribution is 6.23. The maximum absolute atomic E-state index is 13.6. The Hall–Kier alpha value is -3.45. The van der Waals surface area contributed by atoms with E-state index in [1.165, 1.54) is 0 Å². The first-order chi connectivity index (χ1) is 15.2. The fourth-order valence-electron chi connectivity index (χ4n) is 5.79. The molecule has 32 heavy (non-hydrogen) atoms. The third-order valence-corrected chi connectivity index (χ3v) is 7.03. The molecule has 0 unspecified atom stereocenters. The Morgan fingerprint density at radius 3 is 1.84 bits per heavy atom. The molecule has 2 atom stereocenters. The van der Waals surface area contributed by atoms with Crippen molar-refractivity contribution in [1.29, 1.82) is 0 Å². The van der Waals surface area contributed by atoms with E-state index in [9.17, 15) is 27.9 Å². The smallest absolute Gasteiger partial charge is 0.379 e. The number of benzene rings is 3. The average Bonchev–Trinajstić information content (AvgIpc) is 3.05. The van der Waals surface area contributed by atoms with Gasteiger partial charge in [-0.25, -0.2) is 4.90 Å². The molecule has 4 aliphatic rings. The van der Waals surface area contributed by atoms with Crippen LogP contribution in [-0.2, 0) is 21.4 Å². The third kappa shape index (κ3) is 2.21. The third-order valence-electron chi connectivity index (χ3n) is 7.03. The van der Waals surface area contributed by atoms with Gasteiger partial charge in [0, 0.05) is 5.92 Å². The van der Waals surface area contributed by atoms with Gasteiger partial charge < -0.3 is 5.11 Å². The SMILES string of the molecule is O=C1[C@@H]2C3c4ccccc4C(O)(c4ccccc43)[C@@H]2C(=O)N1c1ccc(C(F)(F)F)cc1. The van der Waals surface area contributed by atoms with Crippen LogP contribution >= 0.6 is 0 Å². The molecular formula is C25H16F3NO3. The van der Waals surface area contributed by atoms with Crippen LogP contribution in [0.5, 0.6) is 0 Å². The largest absolute Gasteiger partial charge is 0.416 e. The van der Waals surface area contributed by atoms with Gasteiger partial charge in [-0.1, -0.05) is 48.5 Å². The van der Waals surface area contributed by atoms with E-state index in [1.807, 2.05) is 24.3 Å². The average molecular weight is 435 g/mol. The molecule has 1 saturated heterocycles. The highest BCUT2D eigenvalue weighted by atomic mass is 19.4. The molecule has 3 aliphatic carbocycles. The first-order valence-corrected chi connectivity index (χ1v) is 10.2. The van der Waals surface area contributed by atoms with Gasteiger partial charge in [-0.05, 0) is 46.5 Å². The molecule has 3 aromatic rings. The second kappa shape index (κ2) is 6.07. The molecule has 3 aromatic carbocycles. The number of amides is 2. The normalized spacial score (nSPS) is 27.9. The number of hydrogen-bond acceptors (Lipinski definition) is 3. The molecule has 0 spiro atoms. The molecule has 4 nitrogen and oxygen atoms in total. The predicted molar refractivity (Wildman–Crippen MR) is 109 cm³/mol. The van der Waals surface area contributed by atoms with E-state index in [1.54, 1.807) is 24.3 Å². The summed E-state index contributed by atoms with van der Waals surface area (Å²) in [6.45, 7) is 0. The van der Waals surface area contributed by atoms with Crippen molar-refractivity contribution in [3.8, 4) is 0 Å². The van der Waals surface area contributed by atoms with E-state index in [-0.39, 0.29) is 5.69 Å². The van der Waals surface area contributed by atoms with Crippen molar-refractivity contribution in [3.05, 3.63) is 101 Å². The number of imide groups is 1. The number of carbonyl (C=O) groups is 2. The van der Waals surface area contributed by atoms with Gasteiger partial charge in [-0.15, -0.1) is 0 Å². The Morgan fingerprint density at radius 1 is 0.781 bits per heavy atom. The van der Waals surface area contributed by atoms with E-state index < -0.39 is 46.9 Å². The van der Waals surface area contributed by atoms with Gasteiger partial charge in [0.05, 0.1) is 23.1 Å². The monoisotopic (exact) mass is 435 g/mol. The van der Waals surface area contributed by atoms with Crippen LogP contribution in [0.4, 0.5) is 18.9 Å². The molecule has 0 aromatic heterocycles. The molecule has 1 N–H and O–H groups in total. The summed E-state index contributed by atoms with van der Waals surface area (Å²) in [5.41, 5.74) is 0.297. The molecule has 1 aliphatic heterocycles. The lowest BCUT2D eigenvalue weighted by molar-refractivity contribution is -0.137. The van der Waals surface area contributed by atoms with Crippen molar-refractivity contribution in [2.24, 2.45) is 11.8 Å². The number of alkyl halides is 3. The van der Waals surface area contributed by atoms with Crippen molar-refractivity contribution in [1.82, 2.24) is 0 Å². The number of aliphatic hydroxyl groups is 1. The van der Waals surface area contributed by atoms with Gasteiger partial charge in [0.2, 0.25) is 11.8 Å². The van der Waals surface area contributed by atoms with E-state index >= 15 is 0 Å². The van der Waals surface area contributed by atoms with Crippen LogP contribution in [0.3, 0.4) is 0 Å². The number of anilines is 1. The summed E-state index contributed by atoms with van der Waals surface area (Å²) in [7, 11) is 0. The number of carbonyl (C=O) groups excluding carboxylic acids is 2. The van der Waals surface area contributed by atoms with Crippen LogP contribution < -0.4 is 4.90 Å². The highest BCUT2D eigenvalue weighted by Crippen LogP contribution is 2.63. The molecule has 2 amide bonds. The lowest BCUT2D eigenvalue weighted by Crippen LogP contribution is -2.53. The first kappa shape index (κ1) is 19.3. The van der Waals surface area contributed by atoms with Crippen molar-refractivity contribution < 1.29 is 27.9 Å². The van der Waals surface area contributed by atoms with Crippen LogP contribution in [-0.4, -0.2) is 16.9 Å². The number of nitrogens with zero attached hydrogens (tertiary/aromatic N) is 1. The summed E-state index contributed by atoms with van der Waals surface area (Å²) < 4.78 is 38.9. The number of halogens is 3. The molecule has 2 bridgehead atoms. The summed E-state index contributed by atoms with van der Waals surface area (Å²) in [5.74, 6) is -3.41. The molecule has 160 valence electrons. The fourth-order valence-corrected chi connectivity index (χ4v) is 5.79. The maximum atomic E-state index is 13.6. The minimum absolute atomic E-state index is 0.0681. The van der Waals surface area contributed by atoms with Crippen LogP contribution in [0.25, 0.3) is 0 Å². The molecule has 1 heterocycles. The zero-order chi connectivity index (χ0) is 22.4. The zero-order valence-electron chi connectivity index (χ0n) is 16.5. The van der Waals surface area contributed by atoms with Crippen LogP contribution in [0.2, 0.25) is 0 Å². The standard InChI is InChI=1S/C25H16F3NO3/c26-25(27,28)13-9-11-14(12-10-13)29-22(30)20-19-15-5-1-3-7-17(15)24(32,21(20)23(29)31)18-8-4-2-6-16(18)19/h1-12,19-21,32H/t19?,20-,21+,24?/m1/s1. The maximum Gasteiger partial charge on any atom is 0.416 e. The quantitative estimate of drug-likeness (QED) is 0.583. The molecular weight excluding hydrogens is 419 g/mol. The predicted octanol–water partition coefficient (Wildman–Crippen LogP) is 4.21. The van der Waals surface area contributed by atoms with Gasteiger partial charge in [-0.2, -0.15) is 13.2 Å². The van der Waals surface area contributed by atoms with Crippen LogP contribution in [0.15, 0.2) is 72.8 Å². The topological polar surface area (TPSA) is 57.6 Å². The van der Waals surface area contributed by atoms with Crippen molar-refractivity contribution >= 4 is 17.5 Å². The minimum atomic E-state index is -4.52. The minimum Gasteiger partial charge on any atom is -0.379 e. The molecule has 0 radical (unpaired) electrons. The summed E-state index contributed by atoms with van der Waals surface area (Å²) >= 11 is 0. The molecule has 0 saturated carbocycles. The van der Waals surface area contributed by atoms with Crippen molar-refractivity contribution in [2.75, 3.05) is 4.90 Å². The molecule has 7 rings (SSSR count). The summed E-state index contributed by atoms with van der Waals surface area (Å²) in [5, 5.41) is 12.0. The lowest BCUT2D eigenvalue weighted by Gasteiger charge is -2.51. The Labute approximate surface area is 180 Å². The lowest BCUT2D eigenvalue weighted by atomic mass is 9.52. The van der Waals surface area contributed by atoms with Crippen LogP contribution in [0.1, 0.15) is 33.7 Å². The first-order valence-electron chi connectivity index (χ1n) is 10.2. The van der Waals surface area contributed by atoms with E-state index in [0.29, 0.717) is 11.1 Å². The fraction of sp³-hybridized carbons (Fsp3) is 0.200. The van der Waals surface area contributed by atoms with Gasteiger partial charge in [-0.3, -0.25) is 9.59 Å². The molecule has 1 fully saturated rings. The Bertz CT molecular complexity index is 1250. The van der Waals surface area contributed by atoms with Gasteiger partial charge in [0.25, 0.3) is 0 Å². The van der Waals surface area contributed by atoms with Gasteiger partial charge in [0.1, 0.15) is 5.60 Å². The van der Waals surface area contributed by atoms with Crippen molar-refractivity contribution in [3.63, 3.8) is 0 Å². The summed E-state index contributed by atoms with van der Waals surface area (Å²) in [6.07, 6.45) is -4.52. The highest BCUT2D eigenvalue weighted by Gasteiger charge is 2.68. The van der Waals surface area contributed by atoms with E-state index in [4.69, 9.17) is 0 Å². The second-order valence-corrected chi connectivity index (χ2v) is 8.48. The van der Waals surface area contributed by atoms with Gasteiger partial charge >= 0.3 is 6.18 Å². The number of hydrogen-bond donors (Lipinski definition) is 1. The second-order valence-electron chi connectivity index (χ2n) is 8.48. The molecule has 7 heteroatoms. The Morgan fingerprint density at radius 2 is 1.31 bits per heavy atom. The Balaban J connectivity index is 1.53. The van der Waals surface area contributed by atoms with Crippen LogP contribution in [0, 0.1) is 11.8 Å².